The molecule has 0 spiro atoms. The van der Waals surface area contributed by atoms with Gasteiger partial charge in [-0.2, -0.15) is 0 Å². The molecule has 0 radical (unpaired) electrons. The van der Waals surface area contributed by atoms with Crippen LogP contribution in [0.4, 0.5) is 0 Å². The number of rotatable bonds is 4. The molecule has 1 aliphatic heterocycles. The Morgan fingerprint density at radius 3 is 2.89 bits per heavy atom. The van der Waals surface area contributed by atoms with E-state index in [0.717, 1.165) is 47.2 Å². The van der Waals surface area contributed by atoms with Crippen LogP contribution in [-0.4, -0.2) is 18.3 Å². The third-order valence-corrected chi connectivity index (χ3v) is 3.63. The van der Waals surface area contributed by atoms with Gasteiger partial charge in [-0.15, -0.1) is 0 Å². The predicted octanol–water partition coefficient (Wildman–Crippen LogP) is 3.83. The maximum atomic E-state index is 10.1. The Bertz CT molecular complexity index is 406. The highest BCUT2D eigenvalue weighted by Gasteiger charge is 2.18. The lowest BCUT2D eigenvalue weighted by Gasteiger charge is -2.15. The molecule has 2 rings (SSSR count). The Balaban J connectivity index is 2.22. The van der Waals surface area contributed by atoms with Gasteiger partial charge in [0.15, 0.2) is 11.5 Å². The summed E-state index contributed by atoms with van der Waals surface area (Å²) in [4.78, 5) is 0. The molecule has 0 aromatic heterocycles. The molecule has 18 heavy (non-hydrogen) atoms. The molecule has 1 atom stereocenters. The lowest BCUT2D eigenvalue weighted by Crippen LogP contribution is -2.00. The molecule has 0 amide bonds. The van der Waals surface area contributed by atoms with Crippen LogP contribution in [0.15, 0.2) is 16.6 Å². The van der Waals surface area contributed by atoms with Gasteiger partial charge in [0.2, 0.25) is 0 Å². The fourth-order valence-corrected chi connectivity index (χ4v) is 2.58. The molecule has 1 heterocycles. The van der Waals surface area contributed by atoms with Crippen LogP contribution in [-0.2, 0) is 0 Å². The van der Waals surface area contributed by atoms with E-state index in [1.54, 1.807) is 0 Å². The molecule has 1 N–H and O–H groups in total. The van der Waals surface area contributed by atoms with E-state index in [4.69, 9.17) is 9.47 Å². The number of halogens is 1. The molecule has 100 valence electrons. The summed E-state index contributed by atoms with van der Waals surface area (Å²) in [6, 6.07) is 3.82. The van der Waals surface area contributed by atoms with Gasteiger partial charge < -0.3 is 14.6 Å². The number of aliphatic hydroxyl groups excluding tert-OH is 1. The van der Waals surface area contributed by atoms with Crippen LogP contribution in [0.2, 0.25) is 0 Å². The van der Waals surface area contributed by atoms with Crippen molar-refractivity contribution >= 4 is 15.9 Å². The standard InChI is InChI=1S/C14H19BrO3/c1-2-3-5-12(16)10-8-11(15)14-13(9-10)17-6-4-7-18-14/h8-9,12,16H,2-7H2,1H3. The first-order valence-corrected chi connectivity index (χ1v) is 7.28. The largest absolute Gasteiger partial charge is 0.490 e. The van der Waals surface area contributed by atoms with Crippen molar-refractivity contribution < 1.29 is 14.6 Å². The highest BCUT2D eigenvalue weighted by molar-refractivity contribution is 9.10. The summed E-state index contributed by atoms with van der Waals surface area (Å²) in [5, 5.41) is 10.1. The summed E-state index contributed by atoms with van der Waals surface area (Å²) in [5.74, 6) is 1.48. The van der Waals surface area contributed by atoms with Crippen LogP contribution in [0, 0.1) is 0 Å². The van der Waals surface area contributed by atoms with Gasteiger partial charge in [-0.1, -0.05) is 19.8 Å². The smallest absolute Gasteiger partial charge is 0.175 e. The molecule has 0 fully saturated rings. The highest BCUT2D eigenvalue weighted by Crippen LogP contribution is 2.40. The first-order valence-electron chi connectivity index (χ1n) is 6.49. The number of unbranched alkanes of at least 4 members (excludes halogenated alkanes) is 1. The first kappa shape index (κ1) is 13.7. The number of benzene rings is 1. The Morgan fingerprint density at radius 2 is 2.11 bits per heavy atom. The second-order valence-corrected chi connectivity index (χ2v) is 5.39. The van der Waals surface area contributed by atoms with Crippen molar-refractivity contribution in [3.05, 3.63) is 22.2 Å². The van der Waals surface area contributed by atoms with Crippen LogP contribution in [0.5, 0.6) is 11.5 Å². The Morgan fingerprint density at radius 1 is 1.33 bits per heavy atom. The SMILES string of the molecule is CCCCC(O)c1cc(Br)c2c(c1)OCCCO2. The molecule has 1 aromatic rings. The van der Waals surface area contributed by atoms with E-state index in [1.165, 1.54) is 0 Å². The predicted molar refractivity (Wildman–Crippen MR) is 74.2 cm³/mol. The molecule has 1 aromatic carbocycles. The first-order chi connectivity index (χ1) is 8.72. The van der Waals surface area contributed by atoms with Crippen LogP contribution < -0.4 is 9.47 Å². The maximum Gasteiger partial charge on any atom is 0.175 e. The number of hydrogen-bond donors (Lipinski definition) is 1. The summed E-state index contributed by atoms with van der Waals surface area (Å²) in [6.07, 6.45) is 3.34. The molecule has 0 aliphatic carbocycles. The van der Waals surface area contributed by atoms with E-state index in [1.807, 2.05) is 12.1 Å². The van der Waals surface area contributed by atoms with Gasteiger partial charge in [0.1, 0.15) is 0 Å². The monoisotopic (exact) mass is 314 g/mol. The average molecular weight is 315 g/mol. The molecular formula is C14H19BrO3. The van der Waals surface area contributed by atoms with Gasteiger partial charge in [-0.3, -0.25) is 0 Å². The van der Waals surface area contributed by atoms with E-state index >= 15 is 0 Å². The summed E-state index contributed by atoms with van der Waals surface area (Å²) < 4.78 is 12.2. The quantitative estimate of drug-likeness (QED) is 0.917. The molecule has 0 saturated carbocycles. The third-order valence-electron chi connectivity index (χ3n) is 3.04. The van der Waals surface area contributed by atoms with E-state index < -0.39 is 6.10 Å². The molecule has 0 saturated heterocycles. The van der Waals surface area contributed by atoms with Gasteiger partial charge in [-0.05, 0) is 40.0 Å². The van der Waals surface area contributed by atoms with Crippen LogP contribution in [0.3, 0.4) is 0 Å². The normalized spacial score (nSPS) is 16.2. The molecule has 0 bridgehead atoms. The van der Waals surface area contributed by atoms with Crippen molar-refractivity contribution in [2.45, 2.75) is 38.7 Å². The molecule has 3 nitrogen and oxygen atoms in total. The second kappa shape index (κ2) is 6.43. The number of fused-ring (bicyclic) bond motifs is 1. The number of ether oxygens (including phenoxy) is 2. The number of hydrogen-bond acceptors (Lipinski definition) is 3. The number of aliphatic hydroxyl groups is 1. The molecule has 1 unspecified atom stereocenters. The topological polar surface area (TPSA) is 38.7 Å². The van der Waals surface area contributed by atoms with Gasteiger partial charge in [0.25, 0.3) is 0 Å². The Labute approximate surface area is 116 Å². The van der Waals surface area contributed by atoms with Crippen molar-refractivity contribution in [1.29, 1.82) is 0 Å². The van der Waals surface area contributed by atoms with Crippen LogP contribution in [0.25, 0.3) is 0 Å². The summed E-state index contributed by atoms with van der Waals surface area (Å²) in [7, 11) is 0. The minimum absolute atomic E-state index is 0.432. The van der Waals surface area contributed by atoms with E-state index in [-0.39, 0.29) is 0 Å². The van der Waals surface area contributed by atoms with Crippen molar-refractivity contribution in [3.8, 4) is 11.5 Å². The average Bonchev–Trinajstić information content (AvgIpc) is 2.61. The summed E-state index contributed by atoms with van der Waals surface area (Å²) in [6.45, 7) is 3.45. The van der Waals surface area contributed by atoms with E-state index in [0.29, 0.717) is 13.2 Å². The van der Waals surface area contributed by atoms with Crippen LogP contribution in [0.1, 0.15) is 44.3 Å². The van der Waals surface area contributed by atoms with E-state index in [2.05, 4.69) is 22.9 Å². The zero-order chi connectivity index (χ0) is 13.0. The van der Waals surface area contributed by atoms with Crippen molar-refractivity contribution in [1.82, 2.24) is 0 Å². The lowest BCUT2D eigenvalue weighted by atomic mass is 10.0. The highest BCUT2D eigenvalue weighted by atomic mass is 79.9. The maximum absolute atomic E-state index is 10.1. The van der Waals surface area contributed by atoms with Gasteiger partial charge in [0, 0.05) is 6.42 Å². The third kappa shape index (κ3) is 3.18. The molecular weight excluding hydrogens is 296 g/mol. The Hall–Kier alpha value is -0.740. The van der Waals surface area contributed by atoms with Crippen molar-refractivity contribution in [2.24, 2.45) is 0 Å². The zero-order valence-corrected chi connectivity index (χ0v) is 12.2. The molecule has 4 heteroatoms. The summed E-state index contributed by atoms with van der Waals surface area (Å²) >= 11 is 3.49. The molecule has 1 aliphatic rings. The fraction of sp³-hybridized carbons (Fsp3) is 0.571. The second-order valence-electron chi connectivity index (χ2n) is 4.54. The van der Waals surface area contributed by atoms with Gasteiger partial charge in [-0.25, -0.2) is 0 Å². The minimum atomic E-state index is -0.432. The minimum Gasteiger partial charge on any atom is -0.490 e. The van der Waals surface area contributed by atoms with E-state index in [9.17, 15) is 5.11 Å². The Kier molecular flexibility index (Phi) is 4.89. The van der Waals surface area contributed by atoms with Crippen molar-refractivity contribution in [2.75, 3.05) is 13.2 Å². The summed E-state index contributed by atoms with van der Waals surface area (Å²) in [5.41, 5.74) is 0.888. The van der Waals surface area contributed by atoms with Gasteiger partial charge in [0.05, 0.1) is 23.8 Å². The zero-order valence-electron chi connectivity index (χ0n) is 10.6. The fourth-order valence-electron chi connectivity index (χ4n) is 2.01. The van der Waals surface area contributed by atoms with Gasteiger partial charge >= 0.3 is 0 Å². The van der Waals surface area contributed by atoms with Crippen LogP contribution >= 0.6 is 15.9 Å². The van der Waals surface area contributed by atoms with Crippen molar-refractivity contribution in [3.63, 3.8) is 0 Å². The lowest BCUT2D eigenvalue weighted by molar-refractivity contribution is 0.163.